The third-order valence-corrected chi connectivity index (χ3v) is 4.00. The number of thiophene rings is 1. The highest BCUT2D eigenvalue weighted by Crippen LogP contribution is 2.23. The number of hydrogen-bond acceptors (Lipinski definition) is 4. The molecule has 0 bridgehead atoms. The predicted molar refractivity (Wildman–Crippen MR) is 79.9 cm³/mol. The van der Waals surface area contributed by atoms with Crippen molar-refractivity contribution in [3.05, 3.63) is 45.6 Å². The van der Waals surface area contributed by atoms with Crippen LogP contribution in [0, 0.1) is 0 Å². The Labute approximate surface area is 121 Å². The maximum atomic E-state index is 12.1. The number of likely N-dealkylation sites (N-methyl/N-ethyl adjacent to an activating group) is 1. The molecule has 0 N–H and O–H groups in total. The van der Waals surface area contributed by atoms with Gasteiger partial charge in [0, 0.05) is 18.8 Å². The van der Waals surface area contributed by atoms with Crippen molar-refractivity contribution in [3.63, 3.8) is 0 Å². The lowest BCUT2D eigenvalue weighted by Crippen LogP contribution is -2.25. The normalized spacial score (nSPS) is 10.3. The lowest BCUT2D eigenvalue weighted by atomic mass is 10.2. The zero-order valence-electron chi connectivity index (χ0n) is 10.7. The quantitative estimate of drug-likeness (QED) is 0.787. The molecule has 0 fully saturated rings. The second-order valence-electron chi connectivity index (χ2n) is 4.08. The van der Waals surface area contributed by atoms with E-state index in [1.165, 1.54) is 11.3 Å². The molecule has 0 aliphatic heterocycles. The molecule has 1 aromatic heterocycles. The average molecular weight is 296 g/mol. The predicted octanol–water partition coefficient (Wildman–Crippen LogP) is 3.73. The van der Waals surface area contributed by atoms with Gasteiger partial charge in [-0.25, -0.2) is 0 Å². The molecular weight excluding hydrogens is 282 g/mol. The molecule has 0 amide bonds. The Morgan fingerprint density at radius 2 is 2.16 bits per heavy atom. The van der Waals surface area contributed by atoms with Crippen LogP contribution in [0.3, 0.4) is 0 Å². The smallest absolute Gasteiger partial charge is 0.192 e. The standard InChI is InChI=1S/C14H14ClNO2S/c1-16(10-4-3-5-11(8-10)18-2)9-12(17)13-6-7-14(15)19-13/h3-8H,9H2,1-2H3. The van der Waals surface area contributed by atoms with Gasteiger partial charge in [0.1, 0.15) is 5.75 Å². The van der Waals surface area contributed by atoms with Crippen LogP contribution in [0.25, 0.3) is 0 Å². The van der Waals surface area contributed by atoms with Crippen molar-refractivity contribution >= 4 is 34.4 Å². The number of benzene rings is 1. The number of hydrogen-bond donors (Lipinski definition) is 0. The molecule has 1 aromatic carbocycles. The van der Waals surface area contributed by atoms with Crippen molar-refractivity contribution in [2.24, 2.45) is 0 Å². The number of rotatable bonds is 5. The highest BCUT2D eigenvalue weighted by atomic mass is 35.5. The van der Waals surface area contributed by atoms with Gasteiger partial charge in [-0.15, -0.1) is 11.3 Å². The number of methoxy groups -OCH3 is 1. The molecule has 0 saturated heterocycles. The molecule has 100 valence electrons. The Kier molecular flexibility index (Phi) is 4.45. The summed E-state index contributed by atoms with van der Waals surface area (Å²) < 4.78 is 5.80. The Morgan fingerprint density at radius 3 is 2.79 bits per heavy atom. The molecule has 0 radical (unpaired) electrons. The van der Waals surface area contributed by atoms with Crippen LogP contribution in [0.4, 0.5) is 5.69 Å². The number of ketones is 1. The summed E-state index contributed by atoms with van der Waals surface area (Å²) in [6.45, 7) is 0.310. The van der Waals surface area contributed by atoms with Crippen LogP contribution < -0.4 is 9.64 Å². The van der Waals surface area contributed by atoms with Gasteiger partial charge in [-0.2, -0.15) is 0 Å². The van der Waals surface area contributed by atoms with Crippen molar-refractivity contribution < 1.29 is 9.53 Å². The van der Waals surface area contributed by atoms with E-state index in [1.807, 2.05) is 36.2 Å². The van der Waals surface area contributed by atoms with Gasteiger partial charge in [0.25, 0.3) is 0 Å². The van der Waals surface area contributed by atoms with E-state index in [1.54, 1.807) is 19.2 Å². The molecule has 3 nitrogen and oxygen atoms in total. The molecule has 0 spiro atoms. The zero-order chi connectivity index (χ0) is 13.8. The van der Waals surface area contributed by atoms with Crippen LogP contribution in [-0.2, 0) is 0 Å². The fraction of sp³-hybridized carbons (Fsp3) is 0.214. The van der Waals surface area contributed by atoms with E-state index in [0.717, 1.165) is 11.4 Å². The number of Topliss-reactive ketones (excluding diaryl/α,β-unsaturated/α-hetero) is 1. The summed E-state index contributed by atoms with van der Waals surface area (Å²) in [5.41, 5.74) is 0.940. The number of carbonyl (C=O) groups excluding carboxylic acids is 1. The highest BCUT2D eigenvalue weighted by molar-refractivity contribution is 7.18. The van der Waals surface area contributed by atoms with Crippen LogP contribution in [0.2, 0.25) is 4.34 Å². The Hall–Kier alpha value is -1.52. The monoisotopic (exact) mass is 295 g/mol. The third-order valence-electron chi connectivity index (χ3n) is 2.72. The Morgan fingerprint density at radius 1 is 1.37 bits per heavy atom. The van der Waals surface area contributed by atoms with Crippen molar-refractivity contribution in [1.82, 2.24) is 0 Å². The number of anilines is 1. The van der Waals surface area contributed by atoms with Crippen molar-refractivity contribution in [3.8, 4) is 5.75 Å². The molecule has 0 unspecified atom stereocenters. The van der Waals surface area contributed by atoms with Crippen LogP contribution in [0.1, 0.15) is 9.67 Å². The van der Waals surface area contributed by atoms with Gasteiger partial charge in [0.05, 0.1) is 22.9 Å². The first-order valence-corrected chi connectivity index (χ1v) is 6.93. The van der Waals surface area contributed by atoms with Crippen LogP contribution in [0.15, 0.2) is 36.4 Å². The summed E-state index contributed by atoms with van der Waals surface area (Å²) >= 11 is 7.14. The van der Waals surface area contributed by atoms with Gasteiger partial charge in [-0.3, -0.25) is 4.79 Å². The van der Waals surface area contributed by atoms with E-state index < -0.39 is 0 Å². The summed E-state index contributed by atoms with van der Waals surface area (Å²) in [5, 5.41) is 0. The number of halogens is 1. The first-order valence-electron chi connectivity index (χ1n) is 5.74. The zero-order valence-corrected chi connectivity index (χ0v) is 12.3. The first-order chi connectivity index (χ1) is 9.10. The molecular formula is C14H14ClNO2S. The summed E-state index contributed by atoms with van der Waals surface area (Å²) in [6.07, 6.45) is 0. The van der Waals surface area contributed by atoms with Crippen molar-refractivity contribution in [1.29, 1.82) is 0 Å². The Bertz CT molecular complexity index is 582. The third kappa shape index (κ3) is 3.49. The highest BCUT2D eigenvalue weighted by Gasteiger charge is 2.12. The minimum atomic E-state index is 0.0576. The van der Waals surface area contributed by atoms with Crippen LogP contribution in [0.5, 0.6) is 5.75 Å². The molecule has 0 atom stereocenters. The second kappa shape index (κ2) is 6.08. The fourth-order valence-corrected chi connectivity index (χ4v) is 2.67. The largest absolute Gasteiger partial charge is 0.497 e. The summed E-state index contributed by atoms with van der Waals surface area (Å²) in [5.74, 6) is 0.832. The van der Waals surface area contributed by atoms with Gasteiger partial charge in [-0.05, 0) is 24.3 Å². The fourth-order valence-electron chi connectivity index (χ4n) is 1.70. The number of ether oxygens (including phenoxy) is 1. The summed E-state index contributed by atoms with van der Waals surface area (Å²) in [7, 11) is 3.50. The molecule has 2 rings (SSSR count). The maximum Gasteiger partial charge on any atom is 0.192 e. The van der Waals surface area contributed by atoms with E-state index in [9.17, 15) is 4.79 Å². The minimum Gasteiger partial charge on any atom is -0.497 e. The molecule has 19 heavy (non-hydrogen) atoms. The Balaban J connectivity index is 2.08. The molecule has 5 heteroatoms. The van der Waals surface area contributed by atoms with E-state index in [0.29, 0.717) is 15.8 Å². The van der Waals surface area contributed by atoms with Gasteiger partial charge >= 0.3 is 0 Å². The molecule has 1 heterocycles. The van der Waals surface area contributed by atoms with Crippen molar-refractivity contribution in [2.75, 3.05) is 25.6 Å². The van der Waals surface area contributed by atoms with Gasteiger partial charge in [0.15, 0.2) is 5.78 Å². The van der Waals surface area contributed by atoms with Gasteiger partial charge < -0.3 is 9.64 Å². The van der Waals surface area contributed by atoms with E-state index in [4.69, 9.17) is 16.3 Å². The average Bonchev–Trinajstić information content (AvgIpc) is 2.85. The molecule has 0 aliphatic rings. The van der Waals surface area contributed by atoms with Crippen molar-refractivity contribution in [2.45, 2.75) is 0 Å². The minimum absolute atomic E-state index is 0.0576. The van der Waals surface area contributed by atoms with E-state index in [-0.39, 0.29) is 5.78 Å². The lowest BCUT2D eigenvalue weighted by Gasteiger charge is -2.18. The second-order valence-corrected chi connectivity index (χ2v) is 5.80. The van der Waals surface area contributed by atoms with Gasteiger partial charge in [0.2, 0.25) is 0 Å². The molecule has 2 aromatic rings. The summed E-state index contributed by atoms with van der Waals surface area (Å²) in [6, 6.07) is 11.1. The van der Waals surface area contributed by atoms with E-state index in [2.05, 4.69) is 0 Å². The number of nitrogens with zero attached hydrogens (tertiary/aromatic N) is 1. The summed E-state index contributed by atoms with van der Waals surface area (Å²) in [4.78, 5) is 14.6. The topological polar surface area (TPSA) is 29.5 Å². The molecule has 0 saturated carbocycles. The number of carbonyl (C=O) groups is 1. The molecule has 0 aliphatic carbocycles. The van der Waals surface area contributed by atoms with Gasteiger partial charge in [-0.1, -0.05) is 17.7 Å². The van der Waals surface area contributed by atoms with Crippen LogP contribution in [-0.4, -0.2) is 26.5 Å². The first kappa shape index (κ1) is 13.9. The lowest BCUT2D eigenvalue weighted by molar-refractivity contribution is 0.100. The van der Waals surface area contributed by atoms with E-state index >= 15 is 0 Å². The maximum absolute atomic E-state index is 12.1. The SMILES string of the molecule is COc1cccc(N(C)CC(=O)c2ccc(Cl)s2)c1. The van der Waals surface area contributed by atoms with Crippen LogP contribution >= 0.6 is 22.9 Å².